The molecule has 0 aliphatic carbocycles. The summed E-state index contributed by atoms with van der Waals surface area (Å²) in [5.74, 6) is 1.46. The van der Waals surface area contributed by atoms with Crippen LogP contribution in [-0.4, -0.2) is 42.6 Å². The van der Waals surface area contributed by atoms with Crippen molar-refractivity contribution in [2.45, 2.75) is 18.2 Å². The molecule has 0 bridgehead atoms. The Bertz CT molecular complexity index is 802. The lowest BCUT2D eigenvalue weighted by Gasteiger charge is -2.09. The predicted octanol–water partition coefficient (Wildman–Crippen LogP) is 1.88. The summed E-state index contributed by atoms with van der Waals surface area (Å²) in [6, 6.07) is 9.36. The van der Waals surface area contributed by atoms with Crippen molar-refractivity contribution in [1.82, 2.24) is 10.3 Å². The van der Waals surface area contributed by atoms with E-state index in [1.807, 2.05) is 30.3 Å². The van der Waals surface area contributed by atoms with E-state index in [4.69, 9.17) is 4.42 Å². The molecule has 0 radical (unpaired) electrons. The molecule has 1 aliphatic rings. The molecule has 2 aromatic rings. The fourth-order valence-corrected chi connectivity index (χ4v) is 4.90. The number of oxazole rings is 1. The van der Waals surface area contributed by atoms with E-state index in [0.29, 0.717) is 18.1 Å². The van der Waals surface area contributed by atoms with E-state index in [9.17, 15) is 13.2 Å². The molecule has 1 aromatic carbocycles. The van der Waals surface area contributed by atoms with Gasteiger partial charge in [0.25, 0.3) is 0 Å². The first kappa shape index (κ1) is 17.0. The second kappa shape index (κ2) is 7.40. The first-order valence-corrected chi connectivity index (χ1v) is 10.6. The van der Waals surface area contributed by atoms with Gasteiger partial charge in [0, 0.05) is 17.4 Å². The Morgan fingerprint density at radius 2 is 2.12 bits per heavy atom. The molecule has 1 N–H and O–H groups in total. The normalized spacial score (nSPS) is 19.2. The number of carbonyl (C=O) groups excluding carboxylic acids is 1. The standard InChI is InChI=1S/C16H18N2O4S2/c19-15(17-13-6-7-24(20,21)11-13)10-23-9-14-8-22-16(18-14)12-4-2-1-3-5-12/h1-5,8,13H,6-7,9-11H2,(H,17,19). The van der Waals surface area contributed by atoms with Crippen LogP contribution in [0, 0.1) is 0 Å². The van der Waals surface area contributed by atoms with Crippen molar-refractivity contribution in [3.05, 3.63) is 42.3 Å². The van der Waals surface area contributed by atoms with Crippen LogP contribution in [-0.2, 0) is 20.4 Å². The Kier molecular flexibility index (Phi) is 5.25. The maximum Gasteiger partial charge on any atom is 0.230 e. The zero-order valence-electron chi connectivity index (χ0n) is 13.0. The van der Waals surface area contributed by atoms with Gasteiger partial charge in [-0.2, -0.15) is 0 Å². The molecule has 1 amide bonds. The molecule has 1 fully saturated rings. The van der Waals surface area contributed by atoms with Crippen LogP contribution in [0.1, 0.15) is 12.1 Å². The van der Waals surface area contributed by atoms with E-state index >= 15 is 0 Å². The van der Waals surface area contributed by atoms with Crippen molar-refractivity contribution >= 4 is 27.5 Å². The highest BCUT2D eigenvalue weighted by atomic mass is 32.2. The Morgan fingerprint density at radius 1 is 1.33 bits per heavy atom. The minimum atomic E-state index is -2.97. The second-order valence-corrected chi connectivity index (χ2v) is 8.88. The third kappa shape index (κ3) is 4.61. The highest BCUT2D eigenvalue weighted by Crippen LogP contribution is 2.20. The fraction of sp³-hybridized carbons (Fsp3) is 0.375. The van der Waals surface area contributed by atoms with Gasteiger partial charge in [0.15, 0.2) is 9.84 Å². The third-order valence-electron chi connectivity index (χ3n) is 3.65. The average Bonchev–Trinajstić information content (AvgIpc) is 3.15. The summed E-state index contributed by atoms with van der Waals surface area (Å²) in [6.07, 6.45) is 2.10. The van der Waals surface area contributed by atoms with E-state index in [1.165, 1.54) is 11.8 Å². The smallest absolute Gasteiger partial charge is 0.230 e. The molecule has 1 saturated heterocycles. The topological polar surface area (TPSA) is 89.3 Å². The quantitative estimate of drug-likeness (QED) is 0.840. The number of nitrogens with one attached hydrogen (secondary N) is 1. The monoisotopic (exact) mass is 366 g/mol. The van der Waals surface area contributed by atoms with Gasteiger partial charge in [-0.05, 0) is 18.6 Å². The van der Waals surface area contributed by atoms with Crippen molar-refractivity contribution in [3.63, 3.8) is 0 Å². The highest BCUT2D eigenvalue weighted by molar-refractivity contribution is 7.99. The number of sulfone groups is 1. The van der Waals surface area contributed by atoms with Crippen LogP contribution in [0.2, 0.25) is 0 Å². The summed E-state index contributed by atoms with van der Waals surface area (Å²) >= 11 is 1.42. The van der Waals surface area contributed by atoms with Crippen LogP contribution in [0.5, 0.6) is 0 Å². The molecule has 2 heterocycles. The minimum Gasteiger partial charge on any atom is -0.444 e. The summed E-state index contributed by atoms with van der Waals surface area (Å²) in [5, 5.41) is 2.77. The summed E-state index contributed by atoms with van der Waals surface area (Å²) in [5.41, 5.74) is 1.68. The van der Waals surface area contributed by atoms with Crippen molar-refractivity contribution in [1.29, 1.82) is 0 Å². The van der Waals surface area contributed by atoms with E-state index < -0.39 is 9.84 Å². The fourth-order valence-electron chi connectivity index (χ4n) is 2.51. The lowest BCUT2D eigenvalue weighted by molar-refractivity contribution is -0.119. The predicted molar refractivity (Wildman–Crippen MR) is 93.3 cm³/mol. The zero-order valence-corrected chi connectivity index (χ0v) is 14.6. The van der Waals surface area contributed by atoms with Crippen molar-refractivity contribution in [3.8, 4) is 11.5 Å². The molecule has 1 atom stereocenters. The number of amides is 1. The number of benzene rings is 1. The number of nitrogens with zero attached hydrogens (tertiary/aromatic N) is 1. The highest BCUT2D eigenvalue weighted by Gasteiger charge is 2.28. The number of hydrogen-bond donors (Lipinski definition) is 1. The molecule has 24 heavy (non-hydrogen) atoms. The molecule has 3 rings (SSSR count). The summed E-state index contributed by atoms with van der Waals surface area (Å²) in [4.78, 5) is 16.3. The van der Waals surface area contributed by atoms with Crippen molar-refractivity contribution in [2.75, 3.05) is 17.3 Å². The van der Waals surface area contributed by atoms with Gasteiger partial charge in [0.1, 0.15) is 6.26 Å². The van der Waals surface area contributed by atoms with E-state index in [0.717, 1.165) is 11.3 Å². The molecule has 8 heteroatoms. The van der Waals surface area contributed by atoms with Crippen LogP contribution < -0.4 is 5.32 Å². The zero-order chi connectivity index (χ0) is 17.0. The SMILES string of the molecule is O=C(CSCc1coc(-c2ccccc2)n1)NC1CCS(=O)(=O)C1. The largest absolute Gasteiger partial charge is 0.444 e. The average molecular weight is 366 g/mol. The summed E-state index contributed by atoms with van der Waals surface area (Å²) in [6.45, 7) is 0. The van der Waals surface area contributed by atoms with Gasteiger partial charge in [0.05, 0.1) is 23.0 Å². The van der Waals surface area contributed by atoms with Gasteiger partial charge in [-0.1, -0.05) is 18.2 Å². The van der Waals surface area contributed by atoms with Gasteiger partial charge in [0.2, 0.25) is 11.8 Å². The number of thioether (sulfide) groups is 1. The van der Waals surface area contributed by atoms with E-state index in [1.54, 1.807) is 6.26 Å². The summed E-state index contributed by atoms with van der Waals surface area (Å²) in [7, 11) is -2.97. The number of carbonyl (C=O) groups is 1. The van der Waals surface area contributed by atoms with Gasteiger partial charge < -0.3 is 9.73 Å². The Labute approximate surface area is 145 Å². The lowest BCUT2D eigenvalue weighted by Crippen LogP contribution is -2.36. The van der Waals surface area contributed by atoms with Crippen LogP contribution >= 0.6 is 11.8 Å². The van der Waals surface area contributed by atoms with Crippen LogP contribution in [0.3, 0.4) is 0 Å². The molecule has 1 aromatic heterocycles. The second-order valence-electron chi connectivity index (χ2n) is 5.67. The first-order valence-electron chi connectivity index (χ1n) is 7.59. The Morgan fingerprint density at radius 3 is 2.83 bits per heavy atom. The molecule has 128 valence electrons. The first-order chi connectivity index (χ1) is 11.5. The van der Waals surface area contributed by atoms with Crippen molar-refractivity contribution < 1.29 is 17.6 Å². The van der Waals surface area contributed by atoms with Gasteiger partial charge >= 0.3 is 0 Å². The molecule has 1 unspecified atom stereocenters. The maximum absolute atomic E-state index is 11.9. The molecule has 0 spiro atoms. The van der Waals surface area contributed by atoms with Gasteiger partial charge in [-0.3, -0.25) is 4.79 Å². The lowest BCUT2D eigenvalue weighted by atomic mass is 10.2. The summed E-state index contributed by atoms with van der Waals surface area (Å²) < 4.78 is 28.2. The molecule has 6 nitrogen and oxygen atoms in total. The molecule has 1 aliphatic heterocycles. The molecule has 0 saturated carbocycles. The number of hydrogen-bond acceptors (Lipinski definition) is 6. The van der Waals surface area contributed by atoms with Crippen LogP contribution in [0.4, 0.5) is 0 Å². The van der Waals surface area contributed by atoms with Crippen LogP contribution in [0.15, 0.2) is 41.0 Å². The molecular formula is C16H18N2O4S2. The van der Waals surface area contributed by atoms with Gasteiger partial charge in [-0.15, -0.1) is 11.8 Å². The minimum absolute atomic E-state index is 0.0487. The van der Waals surface area contributed by atoms with E-state index in [-0.39, 0.29) is 29.2 Å². The number of rotatable bonds is 6. The number of aromatic nitrogens is 1. The Hall–Kier alpha value is -1.80. The van der Waals surface area contributed by atoms with Crippen LogP contribution in [0.25, 0.3) is 11.5 Å². The molecular weight excluding hydrogens is 348 g/mol. The van der Waals surface area contributed by atoms with E-state index in [2.05, 4.69) is 10.3 Å². The Balaban J connectivity index is 1.44. The van der Waals surface area contributed by atoms with Crippen molar-refractivity contribution in [2.24, 2.45) is 0 Å². The van der Waals surface area contributed by atoms with Gasteiger partial charge in [-0.25, -0.2) is 13.4 Å². The maximum atomic E-state index is 11.9. The third-order valence-corrected chi connectivity index (χ3v) is 6.39.